The van der Waals surface area contributed by atoms with Crippen LogP contribution in [0.5, 0.6) is 0 Å². The van der Waals surface area contributed by atoms with Gasteiger partial charge in [-0.15, -0.1) is 4.48 Å². The van der Waals surface area contributed by atoms with Crippen molar-refractivity contribution >= 4 is 0 Å². The van der Waals surface area contributed by atoms with Gasteiger partial charge in [0.15, 0.2) is 0 Å². The van der Waals surface area contributed by atoms with E-state index in [-0.39, 0.29) is 0 Å². The van der Waals surface area contributed by atoms with Crippen LogP contribution in [-0.2, 0) is 0 Å². The van der Waals surface area contributed by atoms with E-state index in [9.17, 15) is 4.48 Å². The van der Waals surface area contributed by atoms with Crippen LogP contribution in [0.1, 0.15) is 52.9 Å². The summed E-state index contributed by atoms with van der Waals surface area (Å²) in [6, 6.07) is 0. The number of halogens is 1. The number of allylic oxidation sites excluding steroid dienone is 2. The Morgan fingerprint density at radius 2 is 1.70 bits per heavy atom. The molecular weight excluding hydrogens is 253 g/mol. The van der Waals surface area contributed by atoms with Gasteiger partial charge in [0.25, 0.3) is 0 Å². The van der Waals surface area contributed by atoms with Gasteiger partial charge in [-0.05, 0) is 66.3 Å². The zero-order chi connectivity index (χ0) is 15.2. The van der Waals surface area contributed by atoms with E-state index in [1.165, 1.54) is 19.3 Å². The van der Waals surface area contributed by atoms with E-state index in [2.05, 4.69) is 24.2 Å². The Morgan fingerprint density at radius 1 is 1.05 bits per heavy atom. The van der Waals surface area contributed by atoms with Gasteiger partial charge in [-0.3, -0.25) is 0 Å². The highest BCUT2D eigenvalue weighted by Crippen LogP contribution is 2.04. The quantitative estimate of drug-likeness (QED) is 0.412. The van der Waals surface area contributed by atoms with Crippen LogP contribution in [0.4, 0.5) is 4.48 Å². The molecular formula is C16H34FN3. The third-order valence-electron chi connectivity index (χ3n) is 3.55. The molecule has 0 saturated carbocycles. The van der Waals surface area contributed by atoms with Gasteiger partial charge in [-0.2, -0.15) is 0 Å². The van der Waals surface area contributed by atoms with Crippen molar-refractivity contribution in [3.63, 3.8) is 0 Å². The van der Waals surface area contributed by atoms with E-state index in [1.54, 1.807) is 13.0 Å². The van der Waals surface area contributed by atoms with Crippen LogP contribution < -0.4 is 5.32 Å². The first-order valence-electron chi connectivity index (χ1n) is 8.07. The summed E-state index contributed by atoms with van der Waals surface area (Å²) in [6.07, 6.45) is 7.70. The molecule has 0 aliphatic rings. The molecule has 0 amide bonds. The summed E-state index contributed by atoms with van der Waals surface area (Å²) in [5, 5.41) is 4.31. The van der Waals surface area contributed by atoms with Gasteiger partial charge in [0.05, 0.1) is 6.54 Å². The summed E-state index contributed by atoms with van der Waals surface area (Å²) in [5.74, 6) is 0. The predicted molar refractivity (Wildman–Crippen MR) is 86.4 cm³/mol. The Kier molecular flexibility index (Phi) is 13.0. The summed E-state index contributed by atoms with van der Waals surface area (Å²) in [4.78, 5) is 2.28. The van der Waals surface area contributed by atoms with Crippen LogP contribution in [0, 0.1) is 0 Å². The number of unbranched alkanes of at least 4 members (excludes halogenated alkanes) is 2. The van der Waals surface area contributed by atoms with E-state index in [1.807, 2.05) is 6.92 Å². The second-order valence-electron chi connectivity index (χ2n) is 5.48. The standard InChI is InChI=1S/C16H34FN3/c1-5-7-8-11-18-12-9-13-19(4)14-10-15-20(17)16(3)6-2/h6,18H,5,7-15H2,1-4H3/b16-6-. The van der Waals surface area contributed by atoms with Gasteiger partial charge in [0.2, 0.25) is 0 Å². The van der Waals surface area contributed by atoms with Gasteiger partial charge in [0.1, 0.15) is 0 Å². The van der Waals surface area contributed by atoms with Crippen LogP contribution in [0.25, 0.3) is 0 Å². The minimum atomic E-state index is 0.482. The second-order valence-corrected chi connectivity index (χ2v) is 5.48. The van der Waals surface area contributed by atoms with Crippen molar-refractivity contribution in [1.29, 1.82) is 0 Å². The molecule has 0 rings (SSSR count). The lowest BCUT2D eigenvalue weighted by molar-refractivity contribution is 0.0657. The number of hydrogen-bond donors (Lipinski definition) is 1. The molecule has 1 N–H and O–H groups in total. The molecule has 4 heteroatoms. The number of nitrogens with zero attached hydrogens (tertiary/aromatic N) is 2. The lowest BCUT2D eigenvalue weighted by Gasteiger charge is -2.19. The molecule has 0 aromatic carbocycles. The topological polar surface area (TPSA) is 18.5 Å². The lowest BCUT2D eigenvalue weighted by atomic mass is 10.2. The van der Waals surface area contributed by atoms with Gasteiger partial charge in [0, 0.05) is 5.70 Å². The molecule has 3 nitrogen and oxygen atoms in total. The summed E-state index contributed by atoms with van der Waals surface area (Å²) < 4.78 is 13.4. The largest absolute Gasteiger partial charge is 0.317 e. The molecule has 0 unspecified atom stereocenters. The Labute approximate surface area is 125 Å². The summed E-state index contributed by atoms with van der Waals surface area (Å²) in [6.45, 7) is 10.6. The molecule has 0 aliphatic carbocycles. The minimum Gasteiger partial charge on any atom is -0.317 e. The average Bonchev–Trinajstić information content (AvgIpc) is 2.45. The fourth-order valence-electron chi connectivity index (χ4n) is 2.01. The maximum Gasteiger partial charge on any atom is 0.0514 e. The van der Waals surface area contributed by atoms with E-state index < -0.39 is 0 Å². The Bertz CT molecular complexity index is 244. The maximum absolute atomic E-state index is 13.4. The van der Waals surface area contributed by atoms with E-state index >= 15 is 0 Å². The van der Waals surface area contributed by atoms with Crippen LogP contribution in [-0.4, -0.2) is 49.8 Å². The fraction of sp³-hybridized carbons (Fsp3) is 0.875. The van der Waals surface area contributed by atoms with Gasteiger partial charge in [-0.25, -0.2) is 5.12 Å². The van der Waals surface area contributed by atoms with Crippen molar-refractivity contribution in [3.05, 3.63) is 11.8 Å². The van der Waals surface area contributed by atoms with Crippen molar-refractivity contribution in [2.45, 2.75) is 52.9 Å². The molecule has 0 aliphatic heterocycles. The zero-order valence-corrected chi connectivity index (χ0v) is 13.9. The highest BCUT2D eigenvalue weighted by Gasteiger charge is 2.04. The first kappa shape index (κ1) is 19.4. The average molecular weight is 287 g/mol. The normalized spacial score (nSPS) is 12.2. The number of hydrogen-bond acceptors (Lipinski definition) is 3. The third kappa shape index (κ3) is 11.2. The van der Waals surface area contributed by atoms with E-state index in [0.717, 1.165) is 44.1 Å². The molecule has 0 bridgehead atoms. The molecule has 20 heavy (non-hydrogen) atoms. The van der Waals surface area contributed by atoms with Gasteiger partial charge < -0.3 is 10.2 Å². The molecule has 120 valence electrons. The molecule has 0 fully saturated rings. The summed E-state index contributed by atoms with van der Waals surface area (Å²) >= 11 is 0. The van der Waals surface area contributed by atoms with Gasteiger partial charge >= 0.3 is 0 Å². The first-order chi connectivity index (χ1) is 9.61. The SMILES string of the molecule is C/C=C(/C)N(F)CCCN(C)CCCNCCCCC. The Hall–Kier alpha value is -0.610. The molecule has 0 heterocycles. The maximum atomic E-state index is 13.4. The molecule has 0 radical (unpaired) electrons. The highest BCUT2D eigenvalue weighted by molar-refractivity contribution is 4.91. The van der Waals surface area contributed by atoms with Crippen molar-refractivity contribution in [2.75, 3.05) is 39.8 Å². The summed E-state index contributed by atoms with van der Waals surface area (Å²) in [7, 11) is 2.11. The highest BCUT2D eigenvalue weighted by atomic mass is 19.2. The van der Waals surface area contributed by atoms with Crippen LogP contribution in [0.15, 0.2) is 11.8 Å². The van der Waals surface area contributed by atoms with E-state index in [0.29, 0.717) is 12.2 Å². The van der Waals surface area contributed by atoms with Crippen molar-refractivity contribution < 1.29 is 4.48 Å². The van der Waals surface area contributed by atoms with Crippen LogP contribution in [0.3, 0.4) is 0 Å². The number of rotatable bonds is 13. The molecule has 0 saturated heterocycles. The first-order valence-corrected chi connectivity index (χ1v) is 8.07. The van der Waals surface area contributed by atoms with Crippen LogP contribution >= 0.6 is 0 Å². The molecule has 0 aromatic rings. The Morgan fingerprint density at radius 3 is 2.35 bits per heavy atom. The molecule has 0 aromatic heterocycles. The molecule has 0 spiro atoms. The summed E-state index contributed by atoms with van der Waals surface area (Å²) in [5.41, 5.74) is 0.698. The Balaban J connectivity index is 3.39. The van der Waals surface area contributed by atoms with E-state index in [4.69, 9.17) is 0 Å². The van der Waals surface area contributed by atoms with Crippen molar-refractivity contribution in [1.82, 2.24) is 15.3 Å². The zero-order valence-electron chi connectivity index (χ0n) is 13.9. The van der Waals surface area contributed by atoms with Crippen LogP contribution in [0.2, 0.25) is 0 Å². The minimum absolute atomic E-state index is 0.482. The predicted octanol–water partition coefficient (Wildman–Crippen LogP) is 3.59. The van der Waals surface area contributed by atoms with Crippen molar-refractivity contribution in [2.24, 2.45) is 0 Å². The number of nitrogens with one attached hydrogen (secondary N) is 1. The lowest BCUT2D eigenvalue weighted by Crippen LogP contribution is -2.27. The van der Waals surface area contributed by atoms with Crippen molar-refractivity contribution in [3.8, 4) is 0 Å². The monoisotopic (exact) mass is 287 g/mol. The third-order valence-corrected chi connectivity index (χ3v) is 3.55. The fourth-order valence-corrected chi connectivity index (χ4v) is 2.01. The second kappa shape index (κ2) is 13.4. The smallest absolute Gasteiger partial charge is 0.0514 e. The van der Waals surface area contributed by atoms with Gasteiger partial charge in [-0.1, -0.05) is 25.8 Å². The molecule has 0 atom stereocenters.